The molecule has 76 valence electrons. The second-order valence-electron chi connectivity index (χ2n) is 3.96. The number of nitrogen functional groups attached to an aromatic ring is 1. The van der Waals surface area contributed by atoms with Crippen LogP contribution in [0.4, 0.5) is 5.00 Å². The molecule has 0 aliphatic carbocycles. The molecule has 0 saturated heterocycles. The highest BCUT2D eigenvalue weighted by Crippen LogP contribution is 2.32. The third-order valence-electron chi connectivity index (χ3n) is 2.64. The molecule has 2 N–H and O–H groups in total. The lowest BCUT2D eigenvalue weighted by molar-refractivity contribution is 0.425. The maximum atomic E-state index is 9.07. The van der Waals surface area contributed by atoms with Gasteiger partial charge in [0, 0.05) is 11.3 Å². The van der Waals surface area contributed by atoms with Crippen molar-refractivity contribution < 1.29 is 0 Å². The van der Waals surface area contributed by atoms with Gasteiger partial charge in [0.15, 0.2) is 0 Å². The molecule has 1 unspecified atom stereocenters. The molecule has 1 aromatic rings. The van der Waals surface area contributed by atoms with Gasteiger partial charge in [0.1, 0.15) is 0 Å². The van der Waals surface area contributed by atoms with E-state index in [-0.39, 0.29) is 5.41 Å². The van der Waals surface area contributed by atoms with E-state index in [0.29, 0.717) is 0 Å². The van der Waals surface area contributed by atoms with Crippen molar-refractivity contribution in [1.82, 2.24) is 0 Å². The molecular weight excluding hydrogens is 192 g/mol. The molecule has 0 saturated carbocycles. The van der Waals surface area contributed by atoms with Crippen molar-refractivity contribution in [2.24, 2.45) is 5.41 Å². The summed E-state index contributed by atoms with van der Waals surface area (Å²) >= 11 is 1.60. The van der Waals surface area contributed by atoms with Crippen molar-refractivity contribution in [1.29, 1.82) is 5.26 Å². The summed E-state index contributed by atoms with van der Waals surface area (Å²) in [5, 5.41) is 9.91. The average molecular weight is 208 g/mol. The first kappa shape index (κ1) is 11.1. The number of hydrogen-bond acceptors (Lipinski definition) is 3. The summed E-state index contributed by atoms with van der Waals surface area (Å²) in [6.07, 6.45) is 1.69. The van der Waals surface area contributed by atoms with Crippen LogP contribution in [0.3, 0.4) is 0 Å². The van der Waals surface area contributed by atoms with E-state index in [2.05, 4.69) is 19.9 Å². The smallest absolute Gasteiger partial charge is 0.0861 e. The zero-order valence-corrected chi connectivity index (χ0v) is 9.74. The zero-order valence-electron chi connectivity index (χ0n) is 8.92. The largest absolute Gasteiger partial charge is 0.391 e. The van der Waals surface area contributed by atoms with Crippen LogP contribution in [0.2, 0.25) is 0 Å². The van der Waals surface area contributed by atoms with Gasteiger partial charge in [-0.3, -0.25) is 0 Å². The van der Waals surface area contributed by atoms with Gasteiger partial charge in [0.2, 0.25) is 0 Å². The van der Waals surface area contributed by atoms with Crippen molar-refractivity contribution in [3.8, 4) is 6.07 Å². The van der Waals surface area contributed by atoms with E-state index in [1.165, 1.54) is 10.4 Å². The minimum atomic E-state index is -0.248. The Hall–Kier alpha value is -1.01. The molecule has 0 spiro atoms. The number of nitrogens with zero attached hydrogens (tertiary/aromatic N) is 1. The third-order valence-corrected chi connectivity index (χ3v) is 3.71. The van der Waals surface area contributed by atoms with Crippen LogP contribution in [0.1, 0.15) is 30.7 Å². The predicted octanol–water partition coefficient (Wildman–Crippen LogP) is 3.12. The van der Waals surface area contributed by atoms with E-state index >= 15 is 0 Å². The molecule has 0 bridgehead atoms. The predicted molar refractivity (Wildman–Crippen MR) is 61.2 cm³/mol. The van der Waals surface area contributed by atoms with Gasteiger partial charge in [-0.2, -0.15) is 5.26 Å². The molecule has 3 heteroatoms. The van der Waals surface area contributed by atoms with Gasteiger partial charge in [-0.25, -0.2) is 0 Å². The number of nitrogens with two attached hydrogens (primary N) is 1. The van der Waals surface area contributed by atoms with Crippen LogP contribution >= 0.6 is 11.3 Å². The summed E-state index contributed by atoms with van der Waals surface area (Å²) in [6.45, 7) is 6.10. The SMILES string of the molecule is CCC(C)(C#N)Cc1sc(N)cc1C. The van der Waals surface area contributed by atoms with E-state index in [0.717, 1.165) is 17.8 Å². The molecule has 14 heavy (non-hydrogen) atoms. The highest BCUT2D eigenvalue weighted by Gasteiger charge is 2.23. The second kappa shape index (κ2) is 4.02. The van der Waals surface area contributed by atoms with Crippen molar-refractivity contribution in [2.75, 3.05) is 5.73 Å². The number of aryl methyl sites for hydroxylation is 1. The Bertz CT molecular complexity index is 362. The molecule has 1 rings (SSSR count). The normalized spacial score (nSPS) is 14.7. The molecular formula is C11H16N2S. The summed E-state index contributed by atoms with van der Waals surface area (Å²) in [6, 6.07) is 4.36. The summed E-state index contributed by atoms with van der Waals surface area (Å²) in [5.41, 5.74) is 6.68. The van der Waals surface area contributed by atoms with E-state index < -0.39 is 0 Å². The first-order chi connectivity index (χ1) is 6.50. The zero-order chi connectivity index (χ0) is 10.8. The van der Waals surface area contributed by atoms with E-state index in [9.17, 15) is 0 Å². The van der Waals surface area contributed by atoms with Gasteiger partial charge >= 0.3 is 0 Å². The molecule has 0 aliphatic rings. The average Bonchev–Trinajstić information content (AvgIpc) is 2.45. The lowest BCUT2D eigenvalue weighted by Crippen LogP contribution is -2.15. The quantitative estimate of drug-likeness (QED) is 0.829. The Balaban J connectivity index is 2.89. The van der Waals surface area contributed by atoms with Crippen LogP contribution in [0.25, 0.3) is 0 Å². The molecule has 0 fully saturated rings. The lowest BCUT2D eigenvalue weighted by atomic mass is 9.84. The molecule has 0 radical (unpaired) electrons. The maximum absolute atomic E-state index is 9.07. The van der Waals surface area contributed by atoms with E-state index in [4.69, 9.17) is 11.0 Å². The van der Waals surface area contributed by atoms with Gasteiger partial charge in [-0.1, -0.05) is 6.92 Å². The van der Waals surface area contributed by atoms with Gasteiger partial charge < -0.3 is 5.73 Å². The Kier molecular flexibility index (Phi) is 3.17. The summed E-state index contributed by atoms with van der Waals surface area (Å²) in [4.78, 5) is 1.24. The molecule has 0 amide bonds. The first-order valence-electron chi connectivity index (χ1n) is 4.77. The molecule has 1 heterocycles. The number of rotatable bonds is 3. The number of nitriles is 1. The van der Waals surface area contributed by atoms with E-state index in [1.54, 1.807) is 11.3 Å². The number of thiophene rings is 1. The van der Waals surface area contributed by atoms with Crippen molar-refractivity contribution >= 4 is 16.3 Å². The summed E-state index contributed by atoms with van der Waals surface area (Å²) < 4.78 is 0. The van der Waals surface area contributed by atoms with Gasteiger partial charge in [-0.15, -0.1) is 11.3 Å². The number of anilines is 1. The van der Waals surface area contributed by atoms with Crippen LogP contribution in [0.5, 0.6) is 0 Å². The standard InChI is InChI=1S/C11H16N2S/c1-4-11(3,7-12)6-9-8(2)5-10(13)14-9/h5H,4,6,13H2,1-3H3. The van der Waals surface area contributed by atoms with Gasteiger partial charge in [0.05, 0.1) is 16.5 Å². The monoisotopic (exact) mass is 208 g/mol. The topological polar surface area (TPSA) is 49.8 Å². The molecule has 1 atom stereocenters. The minimum absolute atomic E-state index is 0.248. The second-order valence-corrected chi connectivity index (χ2v) is 5.13. The lowest BCUT2D eigenvalue weighted by Gasteiger charge is -2.18. The summed E-state index contributed by atoms with van der Waals surface area (Å²) in [5.74, 6) is 0. The molecule has 0 aromatic carbocycles. The highest BCUT2D eigenvalue weighted by molar-refractivity contribution is 7.16. The van der Waals surface area contributed by atoms with Gasteiger partial charge in [-0.05, 0) is 31.9 Å². The Morgan fingerprint density at radius 3 is 2.64 bits per heavy atom. The fourth-order valence-corrected chi connectivity index (χ4v) is 2.45. The van der Waals surface area contributed by atoms with Gasteiger partial charge in [0.25, 0.3) is 0 Å². The van der Waals surface area contributed by atoms with Crippen molar-refractivity contribution in [3.63, 3.8) is 0 Å². The van der Waals surface area contributed by atoms with Crippen LogP contribution in [-0.4, -0.2) is 0 Å². The minimum Gasteiger partial charge on any atom is -0.391 e. The van der Waals surface area contributed by atoms with Crippen LogP contribution < -0.4 is 5.73 Å². The van der Waals surface area contributed by atoms with E-state index in [1.807, 2.05) is 13.0 Å². The van der Waals surface area contributed by atoms with Crippen molar-refractivity contribution in [2.45, 2.75) is 33.6 Å². The molecule has 0 aliphatic heterocycles. The summed E-state index contributed by atoms with van der Waals surface area (Å²) in [7, 11) is 0. The maximum Gasteiger partial charge on any atom is 0.0861 e. The first-order valence-corrected chi connectivity index (χ1v) is 5.58. The molecule has 1 aromatic heterocycles. The Morgan fingerprint density at radius 2 is 2.29 bits per heavy atom. The van der Waals surface area contributed by atoms with Crippen LogP contribution in [0, 0.1) is 23.7 Å². The molecule has 2 nitrogen and oxygen atoms in total. The fraction of sp³-hybridized carbons (Fsp3) is 0.545. The van der Waals surface area contributed by atoms with Crippen molar-refractivity contribution in [3.05, 3.63) is 16.5 Å². The van der Waals surface area contributed by atoms with Crippen LogP contribution in [-0.2, 0) is 6.42 Å². The van der Waals surface area contributed by atoms with Crippen LogP contribution in [0.15, 0.2) is 6.07 Å². The third kappa shape index (κ3) is 2.27. The highest BCUT2D eigenvalue weighted by atomic mass is 32.1. The fourth-order valence-electron chi connectivity index (χ4n) is 1.32. The Morgan fingerprint density at radius 1 is 1.64 bits per heavy atom. The Labute approximate surface area is 89.4 Å². The number of hydrogen-bond donors (Lipinski definition) is 1.